The third kappa shape index (κ3) is 4.48. The Morgan fingerprint density at radius 3 is 1.80 bits per heavy atom. The van der Waals surface area contributed by atoms with E-state index in [-0.39, 0.29) is 0 Å². The van der Waals surface area contributed by atoms with Crippen LogP contribution in [-0.2, 0) is 0 Å². The summed E-state index contributed by atoms with van der Waals surface area (Å²) in [5, 5.41) is 3.62. The van der Waals surface area contributed by atoms with E-state index in [0.717, 1.165) is 38.9 Å². The number of benzene rings is 7. The summed E-state index contributed by atoms with van der Waals surface area (Å²) in [6, 6.07) is 65.4. The highest BCUT2D eigenvalue weighted by molar-refractivity contribution is 6.15. The van der Waals surface area contributed by atoms with Crippen LogP contribution in [-0.4, -0.2) is 14.1 Å². The van der Waals surface area contributed by atoms with Crippen LogP contribution in [0.1, 0.15) is 0 Å². The van der Waals surface area contributed by atoms with Gasteiger partial charge in [-0.25, -0.2) is 0 Å². The van der Waals surface area contributed by atoms with Gasteiger partial charge in [-0.1, -0.05) is 127 Å². The molecule has 0 aliphatic rings. The molecule has 0 saturated heterocycles. The van der Waals surface area contributed by atoms with Gasteiger partial charge in [-0.3, -0.25) is 4.98 Å². The van der Waals surface area contributed by atoms with E-state index < -0.39 is 0 Å². The van der Waals surface area contributed by atoms with E-state index >= 15 is 0 Å². The first-order valence-corrected chi connectivity index (χ1v) is 17.1. The second-order valence-electron chi connectivity index (χ2n) is 12.8. The van der Waals surface area contributed by atoms with Crippen LogP contribution in [0.25, 0.3) is 88.5 Å². The van der Waals surface area contributed by atoms with Gasteiger partial charge < -0.3 is 9.13 Å². The molecule has 3 heterocycles. The molecule has 3 nitrogen and oxygen atoms in total. The summed E-state index contributed by atoms with van der Waals surface area (Å²) in [7, 11) is 0. The van der Waals surface area contributed by atoms with Gasteiger partial charge in [-0.05, 0) is 82.4 Å². The number of rotatable bonds is 5. The molecule has 0 amide bonds. The van der Waals surface area contributed by atoms with E-state index in [4.69, 9.17) is 4.98 Å². The van der Waals surface area contributed by atoms with Crippen molar-refractivity contribution in [2.45, 2.75) is 0 Å². The van der Waals surface area contributed by atoms with E-state index in [1.54, 1.807) is 0 Å². The summed E-state index contributed by atoms with van der Waals surface area (Å²) >= 11 is 0. The fraction of sp³-hybridized carbons (Fsp3) is 0. The molecule has 0 aliphatic heterocycles. The Balaban J connectivity index is 1.20. The lowest BCUT2D eigenvalue weighted by Gasteiger charge is -2.14. The third-order valence-corrected chi connectivity index (χ3v) is 9.97. The summed E-state index contributed by atoms with van der Waals surface area (Å²) in [6.45, 7) is 0. The molecule has 10 rings (SSSR count). The maximum Gasteiger partial charge on any atom is 0.0963 e. The van der Waals surface area contributed by atoms with Gasteiger partial charge in [0.1, 0.15) is 0 Å². The van der Waals surface area contributed by atoms with Crippen LogP contribution in [0, 0.1) is 0 Å². The average molecular weight is 638 g/mol. The molecular weight excluding hydrogens is 607 g/mol. The Morgan fingerprint density at radius 1 is 0.340 bits per heavy atom. The van der Waals surface area contributed by atoms with Crippen LogP contribution in [0.5, 0.6) is 0 Å². The van der Waals surface area contributed by atoms with E-state index in [1.165, 1.54) is 49.6 Å². The molecule has 0 spiro atoms. The van der Waals surface area contributed by atoms with Crippen molar-refractivity contribution in [1.29, 1.82) is 0 Å². The number of aromatic nitrogens is 3. The van der Waals surface area contributed by atoms with Gasteiger partial charge in [-0.15, -0.1) is 0 Å². The highest BCUT2D eigenvalue weighted by atomic mass is 15.0. The molecule has 7 aromatic carbocycles. The Morgan fingerprint density at radius 2 is 0.980 bits per heavy atom. The molecule has 0 atom stereocenters. The Hall–Kier alpha value is -6.71. The molecule has 0 bridgehead atoms. The number of fused-ring (bicyclic) bond motifs is 6. The first-order valence-electron chi connectivity index (χ1n) is 17.1. The zero-order chi connectivity index (χ0) is 33.0. The Kier molecular flexibility index (Phi) is 6.49. The van der Waals surface area contributed by atoms with Crippen molar-refractivity contribution in [3.63, 3.8) is 0 Å². The maximum atomic E-state index is 4.86. The zero-order valence-corrected chi connectivity index (χ0v) is 27.2. The predicted molar refractivity (Wildman–Crippen MR) is 209 cm³/mol. The fourth-order valence-electron chi connectivity index (χ4n) is 7.69. The molecule has 3 aromatic heterocycles. The number of pyridine rings is 1. The van der Waals surface area contributed by atoms with Crippen molar-refractivity contribution in [3.8, 4) is 44.8 Å². The van der Waals surface area contributed by atoms with Crippen molar-refractivity contribution in [2.24, 2.45) is 0 Å². The van der Waals surface area contributed by atoms with Crippen LogP contribution in [0.3, 0.4) is 0 Å². The highest BCUT2D eigenvalue weighted by Crippen LogP contribution is 2.41. The lowest BCUT2D eigenvalue weighted by molar-refractivity contribution is 1.17. The molecule has 0 N–H and O–H groups in total. The zero-order valence-electron chi connectivity index (χ0n) is 27.2. The van der Waals surface area contributed by atoms with E-state index in [9.17, 15) is 0 Å². The van der Waals surface area contributed by atoms with Crippen LogP contribution < -0.4 is 0 Å². The largest absolute Gasteiger partial charge is 0.309 e. The van der Waals surface area contributed by atoms with Crippen molar-refractivity contribution < 1.29 is 0 Å². The van der Waals surface area contributed by atoms with Gasteiger partial charge in [-0.2, -0.15) is 0 Å². The van der Waals surface area contributed by atoms with Gasteiger partial charge in [0, 0.05) is 39.3 Å². The fourth-order valence-corrected chi connectivity index (χ4v) is 7.69. The highest BCUT2D eigenvalue weighted by Gasteiger charge is 2.19. The molecule has 0 saturated carbocycles. The van der Waals surface area contributed by atoms with Crippen LogP contribution in [0.15, 0.2) is 188 Å². The number of nitrogens with zero attached hydrogens (tertiary/aromatic N) is 3. The second-order valence-corrected chi connectivity index (χ2v) is 12.8. The molecule has 0 fully saturated rings. The van der Waals surface area contributed by atoms with Gasteiger partial charge in [0.15, 0.2) is 0 Å². The summed E-state index contributed by atoms with van der Waals surface area (Å²) in [6.07, 6.45) is 1.89. The molecule has 0 unspecified atom stereocenters. The minimum Gasteiger partial charge on any atom is -0.309 e. The normalized spacial score (nSPS) is 11.6. The molecule has 3 heteroatoms. The van der Waals surface area contributed by atoms with Crippen molar-refractivity contribution >= 4 is 43.7 Å². The number of hydrogen-bond acceptors (Lipinski definition) is 1. The van der Waals surface area contributed by atoms with E-state index in [1.807, 2.05) is 12.3 Å². The first-order chi connectivity index (χ1) is 24.8. The lowest BCUT2D eigenvalue weighted by atomic mass is 10.0. The van der Waals surface area contributed by atoms with E-state index in [2.05, 4.69) is 185 Å². The third-order valence-electron chi connectivity index (χ3n) is 9.97. The molecule has 10 aromatic rings. The monoisotopic (exact) mass is 637 g/mol. The average Bonchev–Trinajstić information content (AvgIpc) is 3.71. The van der Waals surface area contributed by atoms with Crippen molar-refractivity contribution in [3.05, 3.63) is 188 Å². The van der Waals surface area contributed by atoms with Gasteiger partial charge in [0.05, 0.1) is 27.6 Å². The Labute approximate surface area is 290 Å². The minimum atomic E-state index is 1.01. The molecule has 50 heavy (non-hydrogen) atoms. The quantitative estimate of drug-likeness (QED) is 0.184. The smallest absolute Gasteiger partial charge is 0.0963 e. The van der Waals surface area contributed by atoms with Crippen molar-refractivity contribution in [2.75, 3.05) is 0 Å². The molecular formula is C47H31N3. The second kappa shape index (κ2) is 11.5. The van der Waals surface area contributed by atoms with Crippen LogP contribution >= 0.6 is 0 Å². The number of hydrogen-bond donors (Lipinski definition) is 0. The number of para-hydroxylation sites is 2. The summed E-state index contributed by atoms with van der Waals surface area (Å²) < 4.78 is 4.80. The summed E-state index contributed by atoms with van der Waals surface area (Å²) in [5.74, 6) is 0. The lowest BCUT2D eigenvalue weighted by Crippen LogP contribution is -1.97. The summed E-state index contributed by atoms with van der Waals surface area (Å²) in [4.78, 5) is 4.86. The standard InChI is InChI=1S/C47H31N3/c1-3-12-32(13-4-1)34-23-26-37(27-24-34)49-44-22-11-29-48-46(44)42-28-25-36(31-45(42)49)39-19-10-20-41-40-18-7-8-21-43(40)50(47(39)41)38-17-9-16-35(30-38)33-14-5-2-6-15-33/h1-31H. The maximum absolute atomic E-state index is 4.86. The van der Waals surface area contributed by atoms with Gasteiger partial charge in [0.25, 0.3) is 0 Å². The predicted octanol–water partition coefficient (Wildman–Crippen LogP) is 12.3. The summed E-state index contributed by atoms with van der Waals surface area (Å²) in [5.41, 5.74) is 15.0. The van der Waals surface area contributed by atoms with Gasteiger partial charge in [0.2, 0.25) is 0 Å². The van der Waals surface area contributed by atoms with Crippen LogP contribution in [0.4, 0.5) is 0 Å². The SMILES string of the molecule is c1ccc(-c2ccc(-n3c4cc(-c5cccc6c7ccccc7n(-c7cccc(-c8ccccc8)c7)c56)ccc4c4ncccc43)cc2)cc1. The molecule has 0 aliphatic carbocycles. The Bertz CT molecular complexity index is 2840. The first kappa shape index (κ1) is 28.3. The van der Waals surface area contributed by atoms with Gasteiger partial charge >= 0.3 is 0 Å². The van der Waals surface area contributed by atoms with Crippen LogP contribution in [0.2, 0.25) is 0 Å². The molecule has 234 valence electrons. The van der Waals surface area contributed by atoms with Crippen molar-refractivity contribution in [1.82, 2.24) is 14.1 Å². The topological polar surface area (TPSA) is 22.8 Å². The molecule has 0 radical (unpaired) electrons. The minimum absolute atomic E-state index is 1.01. The van der Waals surface area contributed by atoms with E-state index in [0.29, 0.717) is 0 Å².